The molecule has 126 valence electrons. The molecule has 0 heterocycles. The van der Waals surface area contributed by atoms with Gasteiger partial charge in [0, 0.05) is 34.2 Å². The highest BCUT2D eigenvalue weighted by Crippen LogP contribution is 2.21. The Bertz CT molecular complexity index is 243. The number of hydrogen-bond acceptors (Lipinski definition) is 4. The number of hydrogen-bond donors (Lipinski definition) is 1. The lowest BCUT2D eigenvalue weighted by Crippen LogP contribution is -2.35. The van der Waals surface area contributed by atoms with Crippen LogP contribution in [0.1, 0.15) is 70.6 Å². The summed E-state index contributed by atoms with van der Waals surface area (Å²) in [5.74, 6) is -1.57. The van der Waals surface area contributed by atoms with E-state index in [1.165, 1.54) is 25.7 Å². The summed E-state index contributed by atoms with van der Waals surface area (Å²) in [5.41, 5.74) is 0. The predicted molar refractivity (Wildman–Crippen MR) is 82.2 cm³/mol. The molecule has 0 saturated heterocycles. The molecule has 5 heteroatoms. The fourth-order valence-electron chi connectivity index (χ4n) is 2.41. The van der Waals surface area contributed by atoms with Crippen molar-refractivity contribution in [2.75, 3.05) is 21.3 Å². The molecule has 0 aliphatic heterocycles. The number of rotatable bonds is 15. The van der Waals surface area contributed by atoms with Crippen molar-refractivity contribution >= 4 is 5.97 Å². The number of ether oxygens (including phenoxy) is 3. The van der Waals surface area contributed by atoms with Crippen molar-refractivity contribution in [3.8, 4) is 0 Å². The van der Waals surface area contributed by atoms with E-state index < -0.39 is 11.9 Å². The van der Waals surface area contributed by atoms with Crippen LogP contribution < -0.4 is 0 Å². The smallest absolute Gasteiger partial charge is 0.303 e. The first-order chi connectivity index (χ1) is 10.1. The number of carboxylic acids is 1. The molecule has 0 amide bonds. The topological polar surface area (TPSA) is 65.0 Å². The van der Waals surface area contributed by atoms with Crippen LogP contribution >= 0.6 is 0 Å². The third kappa shape index (κ3) is 10.7. The fourth-order valence-corrected chi connectivity index (χ4v) is 2.41. The Kier molecular flexibility index (Phi) is 12.6. The molecule has 0 aromatic heterocycles. The van der Waals surface area contributed by atoms with E-state index in [4.69, 9.17) is 19.3 Å². The summed E-state index contributed by atoms with van der Waals surface area (Å²) in [4.78, 5) is 10.3. The van der Waals surface area contributed by atoms with Crippen LogP contribution in [0.15, 0.2) is 0 Å². The normalized spacial score (nSPS) is 11.8. The molecule has 0 fully saturated rings. The van der Waals surface area contributed by atoms with Crippen LogP contribution in [0.5, 0.6) is 0 Å². The molecule has 0 unspecified atom stereocenters. The van der Waals surface area contributed by atoms with E-state index in [0.29, 0.717) is 6.42 Å². The van der Waals surface area contributed by atoms with Crippen molar-refractivity contribution in [3.63, 3.8) is 0 Å². The van der Waals surface area contributed by atoms with Crippen LogP contribution in [0.25, 0.3) is 0 Å². The molecule has 0 radical (unpaired) electrons. The van der Waals surface area contributed by atoms with Crippen molar-refractivity contribution < 1.29 is 24.1 Å². The fraction of sp³-hybridized carbons (Fsp3) is 0.938. The molecule has 21 heavy (non-hydrogen) atoms. The minimum Gasteiger partial charge on any atom is -0.481 e. The molecule has 0 aliphatic carbocycles. The zero-order chi connectivity index (χ0) is 16.0. The van der Waals surface area contributed by atoms with Gasteiger partial charge in [-0.15, -0.1) is 0 Å². The second-order valence-electron chi connectivity index (χ2n) is 5.37. The van der Waals surface area contributed by atoms with Gasteiger partial charge in [-0.25, -0.2) is 0 Å². The van der Waals surface area contributed by atoms with Gasteiger partial charge in [0.2, 0.25) is 0 Å². The molecule has 0 bridgehead atoms. The summed E-state index contributed by atoms with van der Waals surface area (Å²) in [6.45, 7) is 0. The van der Waals surface area contributed by atoms with Gasteiger partial charge in [-0.1, -0.05) is 44.9 Å². The van der Waals surface area contributed by atoms with Crippen molar-refractivity contribution in [3.05, 3.63) is 0 Å². The maximum atomic E-state index is 10.3. The van der Waals surface area contributed by atoms with Crippen molar-refractivity contribution in [2.45, 2.75) is 76.6 Å². The van der Waals surface area contributed by atoms with Crippen LogP contribution in [-0.4, -0.2) is 38.4 Å². The second-order valence-corrected chi connectivity index (χ2v) is 5.37. The summed E-state index contributed by atoms with van der Waals surface area (Å²) < 4.78 is 15.7. The van der Waals surface area contributed by atoms with Gasteiger partial charge in [0.15, 0.2) is 0 Å². The average Bonchev–Trinajstić information content (AvgIpc) is 2.49. The van der Waals surface area contributed by atoms with Gasteiger partial charge in [-0.3, -0.25) is 4.79 Å². The maximum Gasteiger partial charge on any atom is 0.303 e. The first-order valence-electron chi connectivity index (χ1n) is 7.97. The summed E-state index contributed by atoms with van der Waals surface area (Å²) in [5, 5.41) is 8.52. The Morgan fingerprint density at radius 3 is 1.52 bits per heavy atom. The average molecular weight is 304 g/mol. The summed E-state index contributed by atoms with van der Waals surface area (Å²) >= 11 is 0. The zero-order valence-electron chi connectivity index (χ0n) is 13.9. The number of unbranched alkanes of at least 4 members (excludes halogenated alkanes) is 8. The third-order valence-electron chi connectivity index (χ3n) is 3.81. The van der Waals surface area contributed by atoms with E-state index in [9.17, 15) is 4.79 Å². The molecule has 1 N–H and O–H groups in total. The lowest BCUT2D eigenvalue weighted by atomic mass is 10.1. The standard InChI is InChI=1S/C16H32O5/c1-19-16(20-2,21-3)14-12-10-8-6-4-5-7-9-11-13-15(17)18/h4-14H2,1-3H3,(H,17,18). The minimum absolute atomic E-state index is 0.306. The zero-order valence-corrected chi connectivity index (χ0v) is 13.9. The molecule has 0 aliphatic rings. The Morgan fingerprint density at radius 2 is 1.14 bits per heavy atom. The first-order valence-corrected chi connectivity index (χ1v) is 7.97. The molecule has 0 spiro atoms. The summed E-state index contributed by atoms with van der Waals surface area (Å²) in [7, 11) is 4.78. The summed E-state index contributed by atoms with van der Waals surface area (Å²) in [6, 6.07) is 0. The number of aliphatic carboxylic acids is 1. The lowest BCUT2D eigenvalue weighted by molar-refractivity contribution is -0.355. The Hall–Kier alpha value is -0.650. The lowest BCUT2D eigenvalue weighted by Gasteiger charge is -2.28. The largest absolute Gasteiger partial charge is 0.481 e. The van der Waals surface area contributed by atoms with Crippen LogP contribution in [0.4, 0.5) is 0 Å². The molecule has 0 aromatic carbocycles. The Morgan fingerprint density at radius 1 is 0.762 bits per heavy atom. The van der Waals surface area contributed by atoms with Crippen LogP contribution in [0, 0.1) is 0 Å². The molecule has 5 nitrogen and oxygen atoms in total. The molecule has 0 rings (SSSR count). The molecular weight excluding hydrogens is 272 g/mol. The van der Waals surface area contributed by atoms with E-state index in [2.05, 4.69) is 0 Å². The third-order valence-corrected chi connectivity index (χ3v) is 3.81. The van der Waals surface area contributed by atoms with Gasteiger partial charge < -0.3 is 19.3 Å². The number of methoxy groups -OCH3 is 3. The van der Waals surface area contributed by atoms with Gasteiger partial charge in [-0.2, -0.15) is 0 Å². The van der Waals surface area contributed by atoms with E-state index in [0.717, 1.165) is 38.5 Å². The maximum absolute atomic E-state index is 10.3. The quantitative estimate of drug-likeness (QED) is 0.366. The van der Waals surface area contributed by atoms with Gasteiger partial charge >= 0.3 is 5.97 Å². The minimum atomic E-state index is -0.885. The van der Waals surface area contributed by atoms with Crippen molar-refractivity contribution in [1.82, 2.24) is 0 Å². The van der Waals surface area contributed by atoms with Gasteiger partial charge in [0.25, 0.3) is 5.97 Å². The second kappa shape index (κ2) is 13.0. The van der Waals surface area contributed by atoms with E-state index in [1.807, 2.05) is 0 Å². The van der Waals surface area contributed by atoms with Gasteiger partial charge in [0.1, 0.15) is 0 Å². The SMILES string of the molecule is COC(CCCCCCCCCCCC(=O)O)(OC)OC. The first kappa shape index (κ1) is 20.3. The van der Waals surface area contributed by atoms with Gasteiger partial charge in [-0.05, 0) is 12.8 Å². The van der Waals surface area contributed by atoms with E-state index in [-0.39, 0.29) is 0 Å². The molecular formula is C16H32O5. The highest BCUT2D eigenvalue weighted by molar-refractivity contribution is 5.66. The molecule has 0 aromatic rings. The van der Waals surface area contributed by atoms with E-state index >= 15 is 0 Å². The Labute approximate surface area is 129 Å². The van der Waals surface area contributed by atoms with Crippen LogP contribution in [-0.2, 0) is 19.0 Å². The van der Waals surface area contributed by atoms with E-state index in [1.54, 1.807) is 21.3 Å². The van der Waals surface area contributed by atoms with Crippen molar-refractivity contribution in [1.29, 1.82) is 0 Å². The van der Waals surface area contributed by atoms with Crippen LogP contribution in [0.2, 0.25) is 0 Å². The van der Waals surface area contributed by atoms with Crippen LogP contribution in [0.3, 0.4) is 0 Å². The molecule has 0 atom stereocenters. The monoisotopic (exact) mass is 304 g/mol. The summed E-state index contributed by atoms with van der Waals surface area (Å²) in [6.07, 6.45) is 11.1. The predicted octanol–water partition coefficient (Wildman–Crippen LogP) is 3.96. The highest BCUT2D eigenvalue weighted by atomic mass is 16.9. The molecule has 0 saturated carbocycles. The Balaban J connectivity index is 3.34. The number of carbonyl (C=O) groups is 1. The highest BCUT2D eigenvalue weighted by Gasteiger charge is 2.28. The van der Waals surface area contributed by atoms with Gasteiger partial charge in [0.05, 0.1) is 0 Å². The number of carboxylic acid groups (broad SMARTS) is 1. The van der Waals surface area contributed by atoms with Crippen molar-refractivity contribution in [2.24, 2.45) is 0 Å².